The van der Waals surface area contributed by atoms with Crippen LogP contribution in [0.25, 0.3) is 0 Å². The SMILES string of the molecule is O=C(c1ccc2c(c1)CCC2)N1CCCCCC1. The van der Waals surface area contributed by atoms with Crippen LogP contribution in [0.1, 0.15) is 53.6 Å². The molecule has 0 atom stereocenters. The van der Waals surface area contributed by atoms with Gasteiger partial charge in [-0.15, -0.1) is 0 Å². The second-order valence-electron chi connectivity index (χ2n) is 5.54. The predicted molar refractivity (Wildman–Crippen MR) is 72.8 cm³/mol. The lowest BCUT2D eigenvalue weighted by molar-refractivity contribution is 0.0761. The van der Waals surface area contributed by atoms with E-state index in [1.54, 1.807) is 0 Å². The third-order valence-corrected chi connectivity index (χ3v) is 4.24. The van der Waals surface area contributed by atoms with Crippen LogP contribution >= 0.6 is 0 Å². The summed E-state index contributed by atoms with van der Waals surface area (Å²) in [6.07, 6.45) is 8.45. The second-order valence-corrected chi connectivity index (χ2v) is 5.54. The average Bonchev–Trinajstić information content (AvgIpc) is 2.69. The quantitative estimate of drug-likeness (QED) is 0.741. The standard InChI is InChI=1S/C16H21NO/c18-16(17-10-3-1-2-4-11-17)15-9-8-13-6-5-7-14(13)12-15/h8-9,12H,1-7,10-11H2. The van der Waals surface area contributed by atoms with Crippen molar-refractivity contribution in [2.75, 3.05) is 13.1 Å². The van der Waals surface area contributed by atoms with Gasteiger partial charge in [-0.05, 0) is 55.4 Å². The van der Waals surface area contributed by atoms with E-state index >= 15 is 0 Å². The van der Waals surface area contributed by atoms with Gasteiger partial charge in [0, 0.05) is 18.7 Å². The Kier molecular flexibility index (Phi) is 3.35. The molecule has 1 fully saturated rings. The molecule has 0 N–H and O–H groups in total. The second kappa shape index (κ2) is 5.13. The first-order chi connectivity index (χ1) is 8.84. The van der Waals surface area contributed by atoms with Gasteiger partial charge in [0.1, 0.15) is 0 Å². The Morgan fingerprint density at radius 2 is 1.61 bits per heavy atom. The maximum atomic E-state index is 12.5. The van der Waals surface area contributed by atoms with Crippen molar-refractivity contribution in [2.45, 2.75) is 44.9 Å². The molecule has 18 heavy (non-hydrogen) atoms. The summed E-state index contributed by atoms with van der Waals surface area (Å²) < 4.78 is 0. The van der Waals surface area contributed by atoms with Crippen LogP contribution < -0.4 is 0 Å². The number of rotatable bonds is 1. The van der Waals surface area contributed by atoms with Crippen LogP contribution in [-0.4, -0.2) is 23.9 Å². The number of carbonyl (C=O) groups excluding carboxylic acids is 1. The summed E-state index contributed by atoms with van der Waals surface area (Å²) in [4.78, 5) is 14.5. The molecule has 1 aliphatic carbocycles. The van der Waals surface area contributed by atoms with Crippen molar-refractivity contribution in [3.05, 3.63) is 34.9 Å². The normalized spacial score (nSPS) is 19.4. The van der Waals surface area contributed by atoms with E-state index in [0.717, 1.165) is 37.9 Å². The Balaban J connectivity index is 1.79. The van der Waals surface area contributed by atoms with E-state index in [1.165, 1.54) is 36.8 Å². The highest BCUT2D eigenvalue weighted by atomic mass is 16.2. The summed E-state index contributed by atoms with van der Waals surface area (Å²) >= 11 is 0. The molecule has 0 saturated carbocycles. The third kappa shape index (κ3) is 2.29. The van der Waals surface area contributed by atoms with Gasteiger partial charge in [-0.2, -0.15) is 0 Å². The first-order valence-corrected chi connectivity index (χ1v) is 7.26. The van der Waals surface area contributed by atoms with Crippen LogP contribution in [0.2, 0.25) is 0 Å². The summed E-state index contributed by atoms with van der Waals surface area (Å²) in [5.41, 5.74) is 3.75. The first kappa shape index (κ1) is 11.8. The van der Waals surface area contributed by atoms with Crippen LogP contribution in [0.15, 0.2) is 18.2 Å². The highest BCUT2D eigenvalue weighted by Gasteiger charge is 2.19. The maximum Gasteiger partial charge on any atom is 0.253 e. The lowest BCUT2D eigenvalue weighted by Crippen LogP contribution is -2.31. The summed E-state index contributed by atoms with van der Waals surface area (Å²) in [6.45, 7) is 1.88. The molecule has 1 aromatic carbocycles. The smallest absolute Gasteiger partial charge is 0.253 e. The zero-order chi connectivity index (χ0) is 12.4. The van der Waals surface area contributed by atoms with E-state index in [-0.39, 0.29) is 5.91 Å². The summed E-state index contributed by atoms with van der Waals surface area (Å²) in [5, 5.41) is 0. The molecular weight excluding hydrogens is 222 g/mol. The maximum absolute atomic E-state index is 12.5. The number of carbonyl (C=O) groups is 1. The van der Waals surface area contributed by atoms with Gasteiger partial charge in [-0.25, -0.2) is 0 Å². The van der Waals surface area contributed by atoms with Gasteiger partial charge in [0.15, 0.2) is 0 Å². The van der Waals surface area contributed by atoms with Crippen LogP contribution in [-0.2, 0) is 12.8 Å². The van der Waals surface area contributed by atoms with Gasteiger partial charge in [-0.3, -0.25) is 4.79 Å². The molecule has 1 amide bonds. The topological polar surface area (TPSA) is 20.3 Å². The Morgan fingerprint density at radius 3 is 2.39 bits per heavy atom. The monoisotopic (exact) mass is 243 g/mol. The van der Waals surface area contributed by atoms with Crippen molar-refractivity contribution >= 4 is 5.91 Å². The van der Waals surface area contributed by atoms with Gasteiger partial charge in [0.05, 0.1) is 0 Å². The van der Waals surface area contributed by atoms with E-state index in [2.05, 4.69) is 12.1 Å². The molecular formula is C16H21NO. The van der Waals surface area contributed by atoms with Crippen molar-refractivity contribution in [2.24, 2.45) is 0 Å². The number of amides is 1. The van der Waals surface area contributed by atoms with Crippen molar-refractivity contribution in [1.29, 1.82) is 0 Å². The average molecular weight is 243 g/mol. The van der Waals surface area contributed by atoms with E-state index < -0.39 is 0 Å². The molecule has 2 heteroatoms. The van der Waals surface area contributed by atoms with E-state index in [4.69, 9.17) is 0 Å². The van der Waals surface area contributed by atoms with E-state index in [1.807, 2.05) is 11.0 Å². The molecule has 1 aliphatic heterocycles. The Hall–Kier alpha value is -1.31. The lowest BCUT2D eigenvalue weighted by Gasteiger charge is -2.20. The zero-order valence-electron chi connectivity index (χ0n) is 11.0. The van der Waals surface area contributed by atoms with Crippen LogP contribution in [0, 0.1) is 0 Å². The number of hydrogen-bond donors (Lipinski definition) is 0. The van der Waals surface area contributed by atoms with Crippen molar-refractivity contribution in [3.8, 4) is 0 Å². The molecule has 2 nitrogen and oxygen atoms in total. The number of likely N-dealkylation sites (tertiary alicyclic amines) is 1. The van der Waals surface area contributed by atoms with Gasteiger partial charge in [-0.1, -0.05) is 18.9 Å². The van der Waals surface area contributed by atoms with Crippen LogP contribution in [0.5, 0.6) is 0 Å². The molecule has 1 aromatic rings. The minimum Gasteiger partial charge on any atom is -0.339 e. The summed E-state index contributed by atoms with van der Waals surface area (Å²) in [7, 11) is 0. The molecule has 1 heterocycles. The summed E-state index contributed by atoms with van der Waals surface area (Å²) in [6, 6.07) is 6.32. The lowest BCUT2D eigenvalue weighted by atomic mass is 10.1. The Bertz CT molecular complexity index is 444. The minimum atomic E-state index is 0.242. The molecule has 3 rings (SSSR count). The molecule has 1 saturated heterocycles. The van der Waals surface area contributed by atoms with Gasteiger partial charge < -0.3 is 4.90 Å². The predicted octanol–water partition coefficient (Wildman–Crippen LogP) is 3.19. The Morgan fingerprint density at radius 1 is 0.889 bits per heavy atom. The molecule has 96 valence electrons. The Labute approximate surface area is 109 Å². The number of aryl methyl sites for hydroxylation is 2. The van der Waals surface area contributed by atoms with Gasteiger partial charge >= 0.3 is 0 Å². The highest BCUT2D eigenvalue weighted by Crippen LogP contribution is 2.24. The van der Waals surface area contributed by atoms with Crippen LogP contribution in [0.3, 0.4) is 0 Å². The van der Waals surface area contributed by atoms with Crippen LogP contribution in [0.4, 0.5) is 0 Å². The fourth-order valence-corrected chi connectivity index (χ4v) is 3.16. The minimum absolute atomic E-state index is 0.242. The first-order valence-electron chi connectivity index (χ1n) is 7.26. The highest BCUT2D eigenvalue weighted by molar-refractivity contribution is 5.94. The van der Waals surface area contributed by atoms with E-state index in [9.17, 15) is 4.79 Å². The number of nitrogens with zero attached hydrogens (tertiary/aromatic N) is 1. The molecule has 0 aromatic heterocycles. The zero-order valence-corrected chi connectivity index (χ0v) is 11.0. The third-order valence-electron chi connectivity index (χ3n) is 4.24. The fraction of sp³-hybridized carbons (Fsp3) is 0.562. The largest absolute Gasteiger partial charge is 0.339 e. The molecule has 0 bridgehead atoms. The van der Waals surface area contributed by atoms with E-state index in [0.29, 0.717) is 0 Å². The molecule has 0 unspecified atom stereocenters. The fourth-order valence-electron chi connectivity index (χ4n) is 3.16. The van der Waals surface area contributed by atoms with Crippen molar-refractivity contribution in [1.82, 2.24) is 4.90 Å². The van der Waals surface area contributed by atoms with Gasteiger partial charge in [0.25, 0.3) is 5.91 Å². The molecule has 2 aliphatic rings. The number of benzene rings is 1. The van der Waals surface area contributed by atoms with Crippen molar-refractivity contribution < 1.29 is 4.79 Å². The molecule has 0 radical (unpaired) electrons. The van der Waals surface area contributed by atoms with Gasteiger partial charge in [0.2, 0.25) is 0 Å². The summed E-state index contributed by atoms with van der Waals surface area (Å²) in [5.74, 6) is 0.242. The number of hydrogen-bond acceptors (Lipinski definition) is 1. The molecule has 0 spiro atoms. The van der Waals surface area contributed by atoms with Crippen molar-refractivity contribution in [3.63, 3.8) is 0 Å². The number of fused-ring (bicyclic) bond motifs is 1.